The second-order valence-corrected chi connectivity index (χ2v) is 7.87. The van der Waals surface area contributed by atoms with Crippen LogP contribution in [0.4, 0.5) is 4.79 Å². The number of nitrogens with one attached hydrogen (secondary N) is 1. The molecule has 31 heavy (non-hydrogen) atoms. The molecule has 0 aliphatic heterocycles. The molecule has 0 bridgehead atoms. The number of carbonyl (C=O) groups excluding carboxylic acids is 1. The van der Waals surface area contributed by atoms with E-state index < -0.39 is 6.09 Å². The van der Waals surface area contributed by atoms with Gasteiger partial charge in [-0.25, -0.2) is 4.79 Å². The zero-order valence-corrected chi connectivity index (χ0v) is 17.9. The number of amides is 1. The number of fused-ring (bicyclic) bond motifs is 3. The predicted molar refractivity (Wildman–Crippen MR) is 129 cm³/mol. The summed E-state index contributed by atoms with van der Waals surface area (Å²) in [4.78, 5) is 12.6. The third kappa shape index (κ3) is 4.84. The molecule has 0 unspecified atom stereocenters. The van der Waals surface area contributed by atoms with Gasteiger partial charge in [-0.15, -0.1) is 0 Å². The minimum Gasteiger partial charge on any atom is -0.449 e. The quantitative estimate of drug-likeness (QED) is 0.398. The molecule has 0 saturated carbocycles. The highest BCUT2D eigenvalue weighted by Gasteiger charge is 2.28. The van der Waals surface area contributed by atoms with Crippen LogP contribution in [0.5, 0.6) is 0 Å². The van der Waals surface area contributed by atoms with E-state index in [0.29, 0.717) is 24.6 Å². The zero-order valence-electron chi connectivity index (χ0n) is 17.1. The maximum Gasteiger partial charge on any atom is 0.407 e. The van der Waals surface area contributed by atoms with Gasteiger partial charge in [0.25, 0.3) is 0 Å². The van der Waals surface area contributed by atoms with Crippen molar-refractivity contribution in [3.63, 3.8) is 0 Å². The first kappa shape index (κ1) is 20.8. The Kier molecular flexibility index (Phi) is 6.43. The largest absolute Gasteiger partial charge is 0.449 e. The van der Waals surface area contributed by atoms with E-state index in [1.165, 1.54) is 22.3 Å². The lowest BCUT2D eigenvalue weighted by Gasteiger charge is -2.14. The van der Waals surface area contributed by atoms with Crippen LogP contribution in [-0.2, 0) is 4.74 Å². The van der Waals surface area contributed by atoms with Crippen LogP contribution in [0.25, 0.3) is 17.2 Å². The van der Waals surface area contributed by atoms with Crippen molar-refractivity contribution >= 4 is 29.4 Å². The van der Waals surface area contributed by atoms with E-state index in [4.69, 9.17) is 22.7 Å². The molecule has 0 radical (unpaired) electrons. The van der Waals surface area contributed by atoms with Gasteiger partial charge in [0, 0.05) is 18.0 Å². The van der Waals surface area contributed by atoms with Gasteiger partial charge in [0.1, 0.15) is 11.6 Å². The third-order valence-electron chi connectivity index (χ3n) is 5.43. The van der Waals surface area contributed by atoms with Crippen molar-refractivity contribution in [1.29, 1.82) is 0 Å². The first-order valence-electron chi connectivity index (χ1n) is 10.3. The van der Waals surface area contributed by atoms with Gasteiger partial charge in [-0.1, -0.05) is 97.2 Å². The number of nitrogens with two attached hydrogens (primary N) is 1. The first-order chi connectivity index (χ1) is 15.1. The van der Waals surface area contributed by atoms with Crippen molar-refractivity contribution in [2.24, 2.45) is 5.73 Å². The maximum atomic E-state index is 12.2. The molecular formula is C26H24N2O2S. The van der Waals surface area contributed by atoms with Crippen LogP contribution in [0.1, 0.15) is 34.6 Å². The Bertz CT molecular complexity index is 1080. The lowest BCUT2D eigenvalue weighted by atomic mass is 9.98. The number of thiocarbonyl (C=S) groups is 1. The molecule has 3 N–H and O–H groups in total. The molecule has 0 saturated heterocycles. The highest BCUT2D eigenvalue weighted by Crippen LogP contribution is 2.44. The average molecular weight is 429 g/mol. The summed E-state index contributed by atoms with van der Waals surface area (Å²) in [6, 6.07) is 24.3. The summed E-state index contributed by atoms with van der Waals surface area (Å²) in [6.07, 6.45) is 4.33. The van der Waals surface area contributed by atoms with Gasteiger partial charge >= 0.3 is 6.09 Å². The van der Waals surface area contributed by atoms with Crippen LogP contribution in [0.3, 0.4) is 0 Å². The summed E-state index contributed by atoms with van der Waals surface area (Å²) in [5.41, 5.74) is 12.4. The van der Waals surface area contributed by atoms with Crippen molar-refractivity contribution < 1.29 is 9.53 Å². The number of hydrogen-bond acceptors (Lipinski definition) is 3. The standard InChI is InChI=1S/C26H24N2O2S/c27-25(31)19-14-12-18(13-15-19)7-5-6-16-28-26(29)30-17-24-22-10-3-1-8-20(22)21-9-2-4-11-23(21)24/h1-5,7-15,24H,6,16-17H2,(H2,27,31)(H,28,29). The first-order valence-corrected chi connectivity index (χ1v) is 10.7. The molecule has 4 nitrogen and oxygen atoms in total. The van der Waals surface area contributed by atoms with Crippen LogP contribution in [-0.4, -0.2) is 24.2 Å². The molecule has 0 spiro atoms. The summed E-state index contributed by atoms with van der Waals surface area (Å²) >= 11 is 4.95. The molecule has 156 valence electrons. The molecule has 5 heteroatoms. The van der Waals surface area contributed by atoms with Crippen molar-refractivity contribution in [3.05, 3.63) is 101 Å². The fourth-order valence-corrected chi connectivity index (χ4v) is 4.02. The van der Waals surface area contributed by atoms with Crippen molar-refractivity contribution in [3.8, 4) is 11.1 Å². The molecule has 1 aliphatic carbocycles. The summed E-state index contributed by atoms with van der Waals surface area (Å²) in [5.74, 6) is 0.0717. The third-order valence-corrected chi connectivity index (χ3v) is 5.67. The van der Waals surface area contributed by atoms with E-state index >= 15 is 0 Å². The average Bonchev–Trinajstić information content (AvgIpc) is 3.11. The van der Waals surface area contributed by atoms with Gasteiger partial charge < -0.3 is 15.8 Å². The second kappa shape index (κ2) is 9.58. The lowest BCUT2D eigenvalue weighted by molar-refractivity contribution is 0.143. The molecule has 3 aromatic carbocycles. The SMILES string of the molecule is NC(=S)c1ccc(C=CCCNC(=O)OCC2c3ccccc3-c3ccccc32)cc1. The van der Waals surface area contributed by atoms with Gasteiger partial charge in [-0.3, -0.25) is 0 Å². The molecule has 0 fully saturated rings. The van der Waals surface area contributed by atoms with E-state index in [9.17, 15) is 4.79 Å². The molecule has 1 amide bonds. The van der Waals surface area contributed by atoms with Crippen molar-refractivity contribution in [2.45, 2.75) is 12.3 Å². The van der Waals surface area contributed by atoms with E-state index in [0.717, 1.165) is 11.1 Å². The van der Waals surface area contributed by atoms with Gasteiger partial charge in [-0.2, -0.15) is 0 Å². The summed E-state index contributed by atoms with van der Waals surface area (Å²) < 4.78 is 5.54. The summed E-state index contributed by atoms with van der Waals surface area (Å²) in [6.45, 7) is 0.837. The fourth-order valence-electron chi connectivity index (χ4n) is 3.88. The number of rotatable bonds is 7. The molecule has 4 rings (SSSR count). The normalized spacial score (nSPS) is 12.4. The smallest absolute Gasteiger partial charge is 0.407 e. The Labute approximate surface area is 187 Å². The Hall–Kier alpha value is -3.44. The topological polar surface area (TPSA) is 64.3 Å². The summed E-state index contributed by atoms with van der Waals surface area (Å²) in [5, 5.41) is 2.82. The molecule has 1 aliphatic rings. The van der Waals surface area contributed by atoms with Gasteiger partial charge in [0.05, 0.1) is 0 Å². The number of benzene rings is 3. The van der Waals surface area contributed by atoms with E-state index in [1.807, 2.05) is 60.7 Å². The number of hydrogen-bond donors (Lipinski definition) is 2. The van der Waals surface area contributed by atoms with E-state index in [2.05, 4.69) is 29.6 Å². The second-order valence-electron chi connectivity index (χ2n) is 7.43. The van der Waals surface area contributed by atoms with Gasteiger partial charge in [0.15, 0.2) is 0 Å². The highest BCUT2D eigenvalue weighted by molar-refractivity contribution is 7.80. The Balaban J connectivity index is 1.25. The van der Waals surface area contributed by atoms with Crippen molar-refractivity contribution in [2.75, 3.05) is 13.2 Å². The van der Waals surface area contributed by atoms with Crippen molar-refractivity contribution in [1.82, 2.24) is 5.32 Å². The number of alkyl carbamates (subject to hydrolysis) is 1. The minimum absolute atomic E-state index is 0.0717. The molecule has 3 aromatic rings. The Morgan fingerprint density at radius 1 is 0.968 bits per heavy atom. The zero-order chi connectivity index (χ0) is 21.6. The van der Waals surface area contributed by atoms with E-state index in [-0.39, 0.29) is 5.92 Å². The minimum atomic E-state index is -0.393. The predicted octanol–water partition coefficient (Wildman–Crippen LogP) is 5.26. The van der Waals surface area contributed by atoms with Gasteiger partial charge in [-0.05, 0) is 34.2 Å². The van der Waals surface area contributed by atoms with Crippen LogP contribution >= 0.6 is 12.2 Å². The Morgan fingerprint density at radius 3 is 2.19 bits per heavy atom. The molecular weight excluding hydrogens is 404 g/mol. The number of carbonyl (C=O) groups is 1. The summed E-state index contributed by atoms with van der Waals surface area (Å²) in [7, 11) is 0. The number of ether oxygens (including phenoxy) is 1. The molecule has 0 atom stereocenters. The van der Waals surface area contributed by atoms with Crippen LogP contribution in [0.15, 0.2) is 78.9 Å². The molecule has 0 heterocycles. The van der Waals surface area contributed by atoms with Gasteiger partial charge in [0.2, 0.25) is 0 Å². The van der Waals surface area contributed by atoms with Crippen LogP contribution in [0, 0.1) is 0 Å². The fraction of sp³-hybridized carbons (Fsp3) is 0.154. The van der Waals surface area contributed by atoms with E-state index in [1.54, 1.807) is 0 Å². The van der Waals surface area contributed by atoms with Crippen LogP contribution < -0.4 is 11.1 Å². The maximum absolute atomic E-state index is 12.2. The van der Waals surface area contributed by atoms with Crippen LogP contribution in [0.2, 0.25) is 0 Å². The Morgan fingerprint density at radius 2 is 1.58 bits per heavy atom. The monoisotopic (exact) mass is 428 g/mol. The lowest BCUT2D eigenvalue weighted by Crippen LogP contribution is -2.26. The highest BCUT2D eigenvalue weighted by atomic mass is 32.1. The molecule has 0 aromatic heterocycles.